The Balaban J connectivity index is 2.20. The van der Waals surface area contributed by atoms with Gasteiger partial charge in [-0.15, -0.1) is 0 Å². The first kappa shape index (κ1) is 14.2. The molecule has 0 aliphatic rings. The average molecular weight is 282 g/mol. The number of halogens is 3. The summed E-state index contributed by atoms with van der Waals surface area (Å²) in [5, 5.41) is 0. The molecule has 0 saturated carbocycles. The third-order valence-electron chi connectivity index (χ3n) is 2.84. The highest BCUT2D eigenvalue weighted by Crippen LogP contribution is 2.33. The minimum Gasteiger partial charge on any atom is -0.429 e. The molecule has 0 fully saturated rings. The quantitative estimate of drug-likeness (QED) is 0.795. The van der Waals surface area contributed by atoms with E-state index >= 15 is 0 Å². The summed E-state index contributed by atoms with van der Waals surface area (Å²) in [4.78, 5) is 3.48. The Morgan fingerprint density at radius 1 is 1.00 bits per heavy atom. The number of ether oxygens (including phenoxy) is 1. The van der Waals surface area contributed by atoms with E-state index in [-0.39, 0.29) is 17.1 Å². The van der Waals surface area contributed by atoms with Crippen molar-refractivity contribution in [2.45, 2.75) is 19.5 Å². The minimum absolute atomic E-state index is 0.176. The second kappa shape index (κ2) is 5.86. The first-order chi connectivity index (χ1) is 9.55. The molecule has 106 valence electrons. The Morgan fingerprint density at radius 3 is 2.25 bits per heavy atom. The number of benzene rings is 2. The molecule has 0 spiro atoms. The standard InChI is InChI=1S/C15H13F3O2/c1-2-11-6-8-12(9-7-11)15(16,17)19-13-4-3-5-14(10-13)20-18/h3-10H,2H2,1H3. The Morgan fingerprint density at radius 2 is 1.65 bits per heavy atom. The molecule has 2 rings (SSSR count). The summed E-state index contributed by atoms with van der Waals surface area (Å²) in [6, 6.07) is 10.9. The van der Waals surface area contributed by atoms with Crippen LogP contribution < -0.4 is 9.68 Å². The largest absolute Gasteiger partial charge is 0.429 e. The summed E-state index contributed by atoms with van der Waals surface area (Å²) < 4.78 is 44.5. The molecular weight excluding hydrogens is 269 g/mol. The highest BCUT2D eigenvalue weighted by Gasteiger charge is 2.34. The van der Waals surface area contributed by atoms with Crippen LogP contribution in [0.5, 0.6) is 11.5 Å². The minimum atomic E-state index is -3.50. The van der Waals surface area contributed by atoms with Gasteiger partial charge in [-0.3, -0.25) is 4.94 Å². The molecule has 0 saturated heterocycles. The highest BCUT2D eigenvalue weighted by molar-refractivity contribution is 5.34. The first-order valence-corrected chi connectivity index (χ1v) is 6.10. The molecule has 0 aromatic heterocycles. The maximum atomic E-state index is 14.0. The molecule has 5 heteroatoms. The van der Waals surface area contributed by atoms with Gasteiger partial charge in [0.1, 0.15) is 5.75 Å². The molecule has 0 heterocycles. The Bertz CT molecular complexity index is 568. The second-order valence-electron chi connectivity index (χ2n) is 4.22. The second-order valence-corrected chi connectivity index (χ2v) is 4.22. The van der Waals surface area contributed by atoms with E-state index < -0.39 is 6.11 Å². The summed E-state index contributed by atoms with van der Waals surface area (Å²) in [6.45, 7) is 1.94. The van der Waals surface area contributed by atoms with Gasteiger partial charge in [0.05, 0.1) is 5.56 Å². The summed E-state index contributed by atoms with van der Waals surface area (Å²) in [5.41, 5.74) is 0.693. The fraction of sp³-hybridized carbons (Fsp3) is 0.200. The number of rotatable bonds is 5. The van der Waals surface area contributed by atoms with Crippen LogP contribution in [0, 0.1) is 0 Å². The Labute approximate surface area is 114 Å². The molecule has 0 aliphatic heterocycles. The van der Waals surface area contributed by atoms with Crippen molar-refractivity contribution in [2.75, 3.05) is 0 Å². The van der Waals surface area contributed by atoms with Crippen LogP contribution in [0.1, 0.15) is 18.1 Å². The zero-order valence-corrected chi connectivity index (χ0v) is 10.8. The van der Waals surface area contributed by atoms with Crippen molar-refractivity contribution in [3.63, 3.8) is 0 Å². The molecule has 0 radical (unpaired) electrons. The molecule has 2 aromatic rings. The van der Waals surface area contributed by atoms with Gasteiger partial charge in [0.25, 0.3) is 0 Å². The van der Waals surface area contributed by atoms with Crippen LogP contribution in [0.15, 0.2) is 48.5 Å². The van der Waals surface area contributed by atoms with Crippen molar-refractivity contribution in [3.05, 3.63) is 59.7 Å². The smallest absolute Gasteiger partial charge is 0.426 e. The summed E-state index contributed by atoms with van der Waals surface area (Å²) in [7, 11) is 0. The predicted octanol–water partition coefficient (Wildman–Crippen LogP) is 4.64. The average Bonchev–Trinajstić information content (AvgIpc) is 2.47. The summed E-state index contributed by atoms with van der Waals surface area (Å²) in [6.07, 6.45) is -2.73. The molecule has 0 N–H and O–H groups in total. The van der Waals surface area contributed by atoms with Crippen LogP contribution in [0.4, 0.5) is 13.3 Å². The molecule has 0 unspecified atom stereocenters. The molecule has 0 atom stereocenters. The lowest BCUT2D eigenvalue weighted by molar-refractivity contribution is -0.185. The monoisotopic (exact) mass is 282 g/mol. The zero-order chi connectivity index (χ0) is 14.6. The SMILES string of the molecule is CCc1ccc(C(F)(F)Oc2cccc(OF)c2)cc1. The van der Waals surface area contributed by atoms with E-state index in [0.29, 0.717) is 0 Å². The fourth-order valence-electron chi connectivity index (χ4n) is 1.73. The Kier molecular flexibility index (Phi) is 4.17. The molecule has 2 nitrogen and oxygen atoms in total. The zero-order valence-electron chi connectivity index (χ0n) is 10.8. The van der Waals surface area contributed by atoms with E-state index in [1.165, 1.54) is 30.3 Å². The van der Waals surface area contributed by atoms with E-state index in [0.717, 1.165) is 18.1 Å². The van der Waals surface area contributed by atoms with Gasteiger partial charge in [0.2, 0.25) is 0 Å². The summed E-state index contributed by atoms with van der Waals surface area (Å²) in [5.74, 6) is -0.371. The first-order valence-electron chi connectivity index (χ1n) is 6.10. The van der Waals surface area contributed by atoms with Crippen molar-refractivity contribution >= 4 is 0 Å². The van der Waals surface area contributed by atoms with Gasteiger partial charge in [-0.05, 0) is 36.2 Å². The van der Waals surface area contributed by atoms with Crippen molar-refractivity contribution in [3.8, 4) is 11.5 Å². The third-order valence-corrected chi connectivity index (χ3v) is 2.84. The topological polar surface area (TPSA) is 18.5 Å². The molecular formula is C15H13F3O2. The van der Waals surface area contributed by atoms with Crippen molar-refractivity contribution in [1.29, 1.82) is 0 Å². The number of alkyl halides is 2. The third kappa shape index (κ3) is 3.23. The van der Waals surface area contributed by atoms with Gasteiger partial charge in [-0.25, -0.2) is 0 Å². The lowest BCUT2D eigenvalue weighted by atomic mass is 10.1. The molecule has 2 aromatic carbocycles. The highest BCUT2D eigenvalue weighted by atomic mass is 19.3. The van der Waals surface area contributed by atoms with Crippen LogP contribution >= 0.6 is 0 Å². The number of hydrogen-bond acceptors (Lipinski definition) is 2. The van der Waals surface area contributed by atoms with E-state index in [9.17, 15) is 13.3 Å². The predicted molar refractivity (Wildman–Crippen MR) is 68.5 cm³/mol. The molecule has 0 amide bonds. The van der Waals surface area contributed by atoms with Crippen molar-refractivity contribution < 1.29 is 23.0 Å². The van der Waals surface area contributed by atoms with Gasteiger partial charge in [0, 0.05) is 10.6 Å². The lowest BCUT2D eigenvalue weighted by Crippen LogP contribution is -2.21. The van der Waals surface area contributed by atoms with E-state index in [2.05, 4.69) is 9.68 Å². The van der Waals surface area contributed by atoms with Gasteiger partial charge in [-0.1, -0.05) is 25.1 Å². The maximum Gasteiger partial charge on any atom is 0.426 e. The van der Waals surface area contributed by atoms with Crippen LogP contribution in [0.3, 0.4) is 0 Å². The van der Waals surface area contributed by atoms with E-state index in [4.69, 9.17) is 0 Å². The van der Waals surface area contributed by atoms with Gasteiger partial charge >= 0.3 is 6.11 Å². The van der Waals surface area contributed by atoms with Crippen LogP contribution in [0.2, 0.25) is 0 Å². The molecule has 0 aliphatic carbocycles. The summed E-state index contributed by atoms with van der Waals surface area (Å²) >= 11 is 0. The van der Waals surface area contributed by atoms with Gasteiger partial charge in [0.15, 0.2) is 5.75 Å². The molecule has 20 heavy (non-hydrogen) atoms. The van der Waals surface area contributed by atoms with Crippen LogP contribution in [-0.4, -0.2) is 0 Å². The number of hydrogen-bond donors (Lipinski definition) is 0. The maximum absolute atomic E-state index is 14.0. The number of aryl methyl sites for hydroxylation is 1. The van der Waals surface area contributed by atoms with E-state index in [1.54, 1.807) is 12.1 Å². The molecule has 0 bridgehead atoms. The van der Waals surface area contributed by atoms with Gasteiger partial charge < -0.3 is 4.74 Å². The van der Waals surface area contributed by atoms with Crippen LogP contribution in [-0.2, 0) is 12.5 Å². The van der Waals surface area contributed by atoms with E-state index in [1.807, 2.05) is 6.92 Å². The van der Waals surface area contributed by atoms with Crippen molar-refractivity contribution in [1.82, 2.24) is 0 Å². The normalized spacial score (nSPS) is 11.2. The van der Waals surface area contributed by atoms with Crippen LogP contribution in [0.25, 0.3) is 0 Å². The van der Waals surface area contributed by atoms with Crippen molar-refractivity contribution in [2.24, 2.45) is 0 Å². The fourth-order valence-corrected chi connectivity index (χ4v) is 1.73. The van der Waals surface area contributed by atoms with Gasteiger partial charge in [-0.2, -0.15) is 8.78 Å². The Hall–Kier alpha value is -2.17. The lowest BCUT2D eigenvalue weighted by Gasteiger charge is -2.18.